The Morgan fingerprint density at radius 1 is 1.25 bits per heavy atom. The second-order valence-corrected chi connectivity index (χ2v) is 4.35. The van der Waals surface area contributed by atoms with Crippen LogP contribution >= 0.6 is 0 Å². The first-order chi connectivity index (χ1) is 9.47. The summed E-state index contributed by atoms with van der Waals surface area (Å²) >= 11 is 0. The zero-order valence-electron chi connectivity index (χ0n) is 12.4. The predicted octanol–water partition coefficient (Wildman–Crippen LogP) is 2.37. The van der Waals surface area contributed by atoms with Crippen LogP contribution in [-0.4, -0.2) is 25.1 Å². The summed E-state index contributed by atoms with van der Waals surface area (Å²) in [5.74, 6) is 0.764. The highest BCUT2D eigenvalue weighted by molar-refractivity contribution is 6.02. The van der Waals surface area contributed by atoms with Gasteiger partial charge in [-0.2, -0.15) is 0 Å². The second kappa shape index (κ2) is 7.37. The third-order valence-corrected chi connectivity index (χ3v) is 2.65. The summed E-state index contributed by atoms with van der Waals surface area (Å²) in [4.78, 5) is 11.8. The molecule has 0 saturated heterocycles. The number of benzene rings is 1. The van der Waals surface area contributed by atoms with Crippen LogP contribution in [0.5, 0.6) is 5.75 Å². The number of anilines is 1. The lowest BCUT2D eigenvalue weighted by Gasteiger charge is -2.15. The van der Waals surface area contributed by atoms with E-state index in [0.29, 0.717) is 13.2 Å². The quantitative estimate of drug-likeness (QED) is 0.504. The van der Waals surface area contributed by atoms with E-state index < -0.39 is 6.03 Å². The fourth-order valence-corrected chi connectivity index (χ4v) is 1.85. The topological polar surface area (TPSA) is 86.2 Å². The fourth-order valence-electron chi connectivity index (χ4n) is 1.85. The molecule has 0 aliphatic heterocycles. The Morgan fingerprint density at radius 3 is 2.35 bits per heavy atom. The maximum atomic E-state index is 11.8. The number of ether oxygens (including phenoxy) is 1. The minimum atomic E-state index is -0.439. The maximum Gasteiger partial charge on any atom is 0.326 e. The van der Waals surface area contributed by atoms with Gasteiger partial charge in [0.15, 0.2) is 5.96 Å². The summed E-state index contributed by atoms with van der Waals surface area (Å²) < 4.78 is 5.45. The van der Waals surface area contributed by atoms with E-state index in [1.165, 1.54) is 0 Å². The van der Waals surface area contributed by atoms with Crippen molar-refractivity contribution in [3.8, 4) is 5.75 Å². The third-order valence-electron chi connectivity index (χ3n) is 2.65. The largest absolute Gasteiger partial charge is 0.494 e. The van der Waals surface area contributed by atoms with E-state index in [9.17, 15) is 4.79 Å². The molecule has 2 amide bonds. The molecule has 0 unspecified atom stereocenters. The van der Waals surface area contributed by atoms with Gasteiger partial charge in [-0.1, -0.05) is 0 Å². The molecule has 6 heteroatoms. The van der Waals surface area contributed by atoms with Crippen molar-refractivity contribution in [2.24, 2.45) is 0 Å². The molecule has 0 bridgehead atoms. The molecule has 0 aromatic heterocycles. The molecule has 0 atom stereocenters. The Hall–Kier alpha value is -2.24. The lowest BCUT2D eigenvalue weighted by Crippen LogP contribution is -2.42. The average molecular weight is 278 g/mol. The van der Waals surface area contributed by atoms with Crippen LogP contribution in [0.3, 0.4) is 0 Å². The second-order valence-electron chi connectivity index (χ2n) is 4.35. The first-order valence-corrected chi connectivity index (χ1v) is 6.62. The van der Waals surface area contributed by atoms with E-state index in [1.807, 2.05) is 39.8 Å². The zero-order chi connectivity index (χ0) is 15.1. The first kappa shape index (κ1) is 15.8. The highest BCUT2D eigenvalue weighted by Gasteiger charge is 2.10. The van der Waals surface area contributed by atoms with E-state index in [1.54, 1.807) is 0 Å². The van der Waals surface area contributed by atoms with Crippen LogP contribution in [-0.2, 0) is 0 Å². The molecule has 0 spiro atoms. The van der Waals surface area contributed by atoms with Gasteiger partial charge < -0.3 is 15.4 Å². The van der Waals surface area contributed by atoms with E-state index in [-0.39, 0.29) is 5.96 Å². The monoisotopic (exact) mass is 278 g/mol. The molecule has 20 heavy (non-hydrogen) atoms. The van der Waals surface area contributed by atoms with Crippen molar-refractivity contribution in [3.05, 3.63) is 23.3 Å². The third kappa shape index (κ3) is 4.46. The normalized spacial score (nSPS) is 9.80. The Balaban J connectivity index is 2.77. The van der Waals surface area contributed by atoms with Gasteiger partial charge in [-0.05, 0) is 51.0 Å². The summed E-state index contributed by atoms with van der Waals surface area (Å²) in [6, 6.07) is 3.31. The standard InChI is InChI=1S/C14H22N4O2/c1-5-16-13(15)18-14(19)17-12-9(3)7-11(20-6-2)8-10(12)4/h7-8H,5-6H2,1-4H3,(H4,15,16,17,18,19). The molecule has 1 rings (SSSR count). The number of urea groups is 1. The number of nitrogens with one attached hydrogen (secondary N) is 4. The summed E-state index contributed by atoms with van der Waals surface area (Å²) in [5.41, 5.74) is 2.56. The first-order valence-electron chi connectivity index (χ1n) is 6.62. The molecule has 6 nitrogen and oxygen atoms in total. The van der Waals surface area contributed by atoms with Crippen molar-refractivity contribution in [3.63, 3.8) is 0 Å². The van der Waals surface area contributed by atoms with Crippen molar-refractivity contribution in [1.82, 2.24) is 10.6 Å². The SMILES string of the molecule is CCNC(=N)NC(=O)Nc1c(C)cc(OCC)cc1C. The number of aryl methyl sites for hydroxylation is 2. The lowest BCUT2D eigenvalue weighted by atomic mass is 10.1. The van der Waals surface area contributed by atoms with Gasteiger partial charge in [0, 0.05) is 12.2 Å². The van der Waals surface area contributed by atoms with Crippen LogP contribution < -0.4 is 20.7 Å². The van der Waals surface area contributed by atoms with Crippen molar-refractivity contribution >= 4 is 17.7 Å². The molecule has 1 aromatic rings. The minimum Gasteiger partial charge on any atom is -0.494 e. The highest BCUT2D eigenvalue weighted by Crippen LogP contribution is 2.26. The van der Waals surface area contributed by atoms with Gasteiger partial charge in [0.25, 0.3) is 0 Å². The van der Waals surface area contributed by atoms with Crippen molar-refractivity contribution < 1.29 is 9.53 Å². The van der Waals surface area contributed by atoms with E-state index in [0.717, 1.165) is 22.6 Å². The predicted molar refractivity (Wildman–Crippen MR) is 80.6 cm³/mol. The Kier molecular flexibility index (Phi) is 5.83. The van der Waals surface area contributed by atoms with Crippen LogP contribution in [0, 0.1) is 19.3 Å². The number of carbonyl (C=O) groups is 1. The molecule has 0 aliphatic rings. The van der Waals surface area contributed by atoms with Crippen molar-refractivity contribution in [1.29, 1.82) is 5.41 Å². The van der Waals surface area contributed by atoms with E-state index >= 15 is 0 Å². The Bertz CT molecular complexity index is 477. The molecule has 0 saturated carbocycles. The number of hydrogen-bond donors (Lipinski definition) is 4. The van der Waals surface area contributed by atoms with Gasteiger partial charge >= 0.3 is 6.03 Å². The number of amides is 2. The van der Waals surface area contributed by atoms with Crippen LogP contribution in [0.2, 0.25) is 0 Å². The summed E-state index contributed by atoms with van der Waals surface area (Å²) in [5, 5.41) is 15.4. The van der Waals surface area contributed by atoms with Gasteiger partial charge in [-0.3, -0.25) is 10.7 Å². The van der Waals surface area contributed by atoms with E-state index in [4.69, 9.17) is 10.1 Å². The van der Waals surface area contributed by atoms with Crippen LogP contribution in [0.4, 0.5) is 10.5 Å². The van der Waals surface area contributed by atoms with Gasteiger partial charge in [-0.15, -0.1) is 0 Å². The fraction of sp³-hybridized carbons (Fsp3) is 0.429. The number of hydrogen-bond acceptors (Lipinski definition) is 3. The number of guanidine groups is 1. The molecule has 110 valence electrons. The van der Waals surface area contributed by atoms with Gasteiger partial charge in [0.2, 0.25) is 0 Å². The van der Waals surface area contributed by atoms with Gasteiger partial charge in [-0.25, -0.2) is 4.79 Å². The highest BCUT2D eigenvalue weighted by atomic mass is 16.5. The molecule has 1 aromatic carbocycles. The molecule has 0 fully saturated rings. The minimum absolute atomic E-state index is 0.0220. The molecule has 0 aliphatic carbocycles. The molecule has 0 radical (unpaired) electrons. The van der Waals surface area contributed by atoms with E-state index in [2.05, 4.69) is 16.0 Å². The number of rotatable bonds is 4. The summed E-state index contributed by atoms with van der Waals surface area (Å²) in [6.45, 7) is 8.78. The van der Waals surface area contributed by atoms with Crippen LogP contribution in [0.15, 0.2) is 12.1 Å². The molecule has 4 N–H and O–H groups in total. The van der Waals surface area contributed by atoms with Crippen LogP contribution in [0.25, 0.3) is 0 Å². The zero-order valence-corrected chi connectivity index (χ0v) is 12.4. The van der Waals surface area contributed by atoms with Gasteiger partial charge in [0.1, 0.15) is 5.75 Å². The smallest absolute Gasteiger partial charge is 0.326 e. The summed E-state index contributed by atoms with van der Waals surface area (Å²) in [6.07, 6.45) is 0. The van der Waals surface area contributed by atoms with Crippen molar-refractivity contribution in [2.75, 3.05) is 18.5 Å². The summed E-state index contributed by atoms with van der Waals surface area (Å²) in [7, 11) is 0. The molecular weight excluding hydrogens is 256 g/mol. The van der Waals surface area contributed by atoms with Crippen molar-refractivity contribution in [2.45, 2.75) is 27.7 Å². The molecular formula is C14H22N4O2. The lowest BCUT2D eigenvalue weighted by molar-refractivity contribution is 0.255. The Labute approximate surface area is 119 Å². The Morgan fingerprint density at radius 2 is 1.85 bits per heavy atom. The maximum absolute atomic E-state index is 11.8. The van der Waals surface area contributed by atoms with Gasteiger partial charge in [0.05, 0.1) is 6.61 Å². The number of carbonyl (C=O) groups excluding carboxylic acids is 1. The van der Waals surface area contributed by atoms with Crippen LogP contribution in [0.1, 0.15) is 25.0 Å². The molecule has 0 heterocycles. The average Bonchev–Trinajstić information content (AvgIpc) is 2.34.